The minimum Gasteiger partial charge on any atom is -0.481 e. The van der Waals surface area contributed by atoms with Crippen LogP contribution in [0.25, 0.3) is 11.3 Å². The van der Waals surface area contributed by atoms with Gasteiger partial charge in [-0.25, -0.2) is 13.8 Å². The van der Waals surface area contributed by atoms with Gasteiger partial charge in [0.1, 0.15) is 17.4 Å². The third-order valence-electron chi connectivity index (χ3n) is 3.43. The predicted molar refractivity (Wildman–Crippen MR) is 97.6 cm³/mol. The normalized spacial score (nSPS) is 11.8. The van der Waals surface area contributed by atoms with E-state index in [9.17, 15) is 13.6 Å². The number of carbonyl (C=O) groups excluding carboxylic acids is 1. The summed E-state index contributed by atoms with van der Waals surface area (Å²) in [5.74, 6) is -1.07. The van der Waals surface area contributed by atoms with Crippen LogP contribution < -0.4 is 10.1 Å². The number of aromatic nitrogens is 1. The van der Waals surface area contributed by atoms with Crippen LogP contribution in [0.5, 0.6) is 5.75 Å². The Bertz CT molecular complexity index is 931. The highest BCUT2D eigenvalue weighted by atomic mass is 35.5. The van der Waals surface area contributed by atoms with Gasteiger partial charge in [0.25, 0.3) is 5.91 Å². The van der Waals surface area contributed by atoms with Gasteiger partial charge in [-0.15, -0.1) is 11.3 Å². The highest BCUT2D eigenvalue weighted by Gasteiger charge is 2.17. The van der Waals surface area contributed by atoms with Crippen LogP contribution in [0.15, 0.2) is 47.8 Å². The average molecular weight is 395 g/mol. The van der Waals surface area contributed by atoms with E-state index < -0.39 is 23.6 Å². The van der Waals surface area contributed by atoms with Crippen LogP contribution in [-0.4, -0.2) is 17.0 Å². The summed E-state index contributed by atoms with van der Waals surface area (Å²) < 4.78 is 32.6. The molecule has 0 saturated heterocycles. The molecule has 134 valence electrons. The van der Waals surface area contributed by atoms with E-state index in [0.717, 1.165) is 29.5 Å². The Labute approximate surface area is 157 Å². The predicted octanol–water partition coefficient (Wildman–Crippen LogP) is 5.15. The Kier molecular flexibility index (Phi) is 5.49. The number of hydrogen-bond acceptors (Lipinski definition) is 4. The highest BCUT2D eigenvalue weighted by molar-refractivity contribution is 7.14. The molecule has 0 aliphatic carbocycles. The molecule has 1 heterocycles. The maximum atomic E-state index is 13.8. The maximum absolute atomic E-state index is 13.8. The van der Waals surface area contributed by atoms with Gasteiger partial charge in [-0.2, -0.15) is 0 Å². The minimum absolute atomic E-state index is 0.0345. The van der Waals surface area contributed by atoms with E-state index in [1.165, 1.54) is 5.38 Å². The Hall–Kier alpha value is -2.51. The molecular formula is C18H13ClF2N2O2S. The number of halogens is 3. The van der Waals surface area contributed by atoms with Gasteiger partial charge in [0.05, 0.1) is 5.69 Å². The summed E-state index contributed by atoms with van der Waals surface area (Å²) in [5, 5.41) is 4.97. The first-order valence-electron chi connectivity index (χ1n) is 7.56. The minimum atomic E-state index is -0.783. The van der Waals surface area contributed by atoms with E-state index in [0.29, 0.717) is 10.8 Å². The molecule has 1 unspecified atom stereocenters. The lowest BCUT2D eigenvalue weighted by Gasteiger charge is -2.13. The van der Waals surface area contributed by atoms with Crippen molar-refractivity contribution >= 4 is 34.0 Å². The number of carbonyl (C=O) groups is 1. The second-order valence-corrected chi connectivity index (χ2v) is 6.66. The number of amides is 1. The van der Waals surface area contributed by atoms with Crippen molar-refractivity contribution in [3.05, 3.63) is 64.5 Å². The molecule has 3 rings (SSSR count). The number of thiazole rings is 1. The molecule has 1 aromatic heterocycles. The summed E-state index contributed by atoms with van der Waals surface area (Å²) in [6.45, 7) is 1.59. The van der Waals surface area contributed by atoms with Crippen molar-refractivity contribution < 1.29 is 18.3 Å². The first kappa shape index (κ1) is 18.3. The molecular weight excluding hydrogens is 382 g/mol. The van der Waals surface area contributed by atoms with Gasteiger partial charge in [0, 0.05) is 16.0 Å². The molecule has 4 nitrogen and oxygen atoms in total. The molecule has 8 heteroatoms. The number of nitrogens with zero attached hydrogens (tertiary/aromatic N) is 1. The van der Waals surface area contributed by atoms with Crippen molar-refractivity contribution in [2.45, 2.75) is 13.0 Å². The molecule has 0 saturated carbocycles. The fraction of sp³-hybridized carbons (Fsp3) is 0.111. The van der Waals surface area contributed by atoms with E-state index in [2.05, 4.69) is 10.3 Å². The molecule has 2 aromatic carbocycles. The van der Waals surface area contributed by atoms with Crippen molar-refractivity contribution in [1.29, 1.82) is 0 Å². The van der Waals surface area contributed by atoms with Crippen LogP contribution in [0.1, 0.15) is 6.92 Å². The third kappa shape index (κ3) is 4.36. The van der Waals surface area contributed by atoms with Gasteiger partial charge < -0.3 is 4.74 Å². The van der Waals surface area contributed by atoms with E-state index in [1.54, 1.807) is 31.2 Å². The topological polar surface area (TPSA) is 51.2 Å². The molecule has 1 atom stereocenters. The number of nitrogens with one attached hydrogen (secondary N) is 1. The summed E-state index contributed by atoms with van der Waals surface area (Å²) in [6.07, 6.45) is -0.783. The third-order valence-corrected chi connectivity index (χ3v) is 4.44. The smallest absolute Gasteiger partial charge is 0.266 e. The van der Waals surface area contributed by atoms with Crippen molar-refractivity contribution in [2.75, 3.05) is 5.32 Å². The molecule has 0 radical (unpaired) electrons. The van der Waals surface area contributed by atoms with Crippen molar-refractivity contribution in [3.8, 4) is 17.0 Å². The molecule has 0 aliphatic heterocycles. The van der Waals surface area contributed by atoms with Crippen LogP contribution in [0.3, 0.4) is 0 Å². The highest BCUT2D eigenvalue weighted by Crippen LogP contribution is 2.28. The summed E-state index contributed by atoms with van der Waals surface area (Å²) >= 11 is 6.91. The Morgan fingerprint density at radius 2 is 1.96 bits per heavy atom. The fourth-order valence-electron chi connectivity index (χ4n) is 2.13. The first-order valence-corrected chi connectivity index (χ1v) is 8.82. The largest absolute Gasteiger partial charge is 0.481 e. The standard InChI is InChI=1S/C18H13ClF2N2O2S/c1-10(25-13-5-2-11(19)3-6-13)17(24)23-18-22-16(9-26-18)14-8-12(20)4-7-15(14)21/h2-10H,1H3,(H,22,23,24). The first-order chi connectivity index (χ1) is 12.4. The van der Waals surface area contributed by atoms with Crippen molar-refractivity contribution in [2.24, 2.45) is 0 Å². The van der Waals surface area contributed by atoms with Crippen molar-refractivity contribution in [1.82, 2.24) is 4.98 Å². The Morgan fingerprint density at radius 1 is 1.23 bits per heavy atom. The van der Waals surface area contributed by atoms with E-state index in [4.69, 9.17) is 16.3 Å². The van der Waals surface area contributed by atoms with Crippen LogP contribution >= 0.6 is 22.9 Å². The zero-order valence-electron chi connectivity index (χ0n) is 13.5. The van der Waals surface area contributed by atoms with Gasteiger partial charge in [0.15, 0.2) is 11.2 Å². The molecule has 3 aromatic rings. The molecule has 0 aliphatic rings. The summed E-state index contributed by atoms with van der Waals surface area (Å²) in [6, 6.07) is 9.74. The monoisotopic (exact) mass is 394 g/mol. The average Bonchev–Trinajstić information content (AvgIpc) is 3.07. The molecule has 0 fully saturated rings. The van der Waals surface area contributed by atoms with Gasteiger partial charge in [0.2, 0.25) is 0 Å². The van der Waals surface area contributed by atoms with Crippen LogP contribution in [0.4, 0.5) is 13.9 Å². The molecule has 0 spiro atoms. The molecule has 0 bridgehead atoms. The van der Waals surface area contributed by atoms with Crippen LogP contribution in [0, 0.1) is 11.6 Å². The molecule has 26 heavy (non-hydrogen) atoms. The summed E-state index contributed by atoms with van der Waals surface area (Å²) in [7, 11) is 0. The zero-order chi connectivity index (χ0) is 18.7. The second-order valence-electron chi connectivity index (χ2n) is 5.37. The number of hydrogen-bond donors (Lipinski definition) is 1. The zero-order valence-corrected chi connectivity index (χ0v) is 15.1. The second kappa shape index (κ2) is 7.80. The van der Waals surface area contributed by atoms with E-state index in [-0.39, 0.29) is 16.4 Å². The lowest BCUT2D eigenvalue weighted by molar-refractivity contribution is -0.122. The SMILES string of the molecule is CC(Oc1ccc(Cl)cc1)C(=O)Nc1nc(-c2cc(F)ccc2F)cs1. The Morgan fingerprint density at radius 3 is 2.69 bits per heavy atom. The van der Waals surface area contributed by atoms with E-state index >= 15 is 0 Å². The van der Waals surface area contributed by atoms with Gasteiger partial charge in [-0.05, 0) is 49.4 Å². The number of benzene rings is 2. The number of ether oxygens (including phenoxy) is 1. The maximum Gasteiger partial charge on any atom is 0.266 e. The quantitative estimate of drug-likeness (QED) is 0.651. The number of rotatable bonds is 5. The van der Waals surface area contributed by atoms with Crippen LogP contribution in [-0.2, 0) is 4.79 Å². The summed E-state index contributed by atoms with van der Waals surface area (Å²) in [5.41, 5.74) is 0.279. The van der Waals surface area contributed by atoms with Crippen molar-refractivity contribution in [3.63, 3.8) is 0 Å². The summed E-state index contributed by atoms with van der Waals surface area (Å²) in [4.78, 5) is 16.4. The lowest BCUT2D eigenvalue weighted by atomic mass is 10.1. The number of anilines is 1. The van der Waals surface area contributed by atoms with Gasteiger partial charge >= 0.3 is 0 Å². The molecule has 1 amide bonds. The molecule has 1 N–H and O–H groups in total. The Balaban J connectivity index is 1.67. The van der Waals surface area contributed by atoms with Gasteiger partial charge in [-0.3, -0.25) is 10.1 Å². The van der Waals surface area contributed by atoms with E-state index in [1.807, 2.05) is 0 Å². The fourth-order valence-corrected chi connectivity index (χ4v) is 2.97. The lowest BCUT2D eigenvalue weighted by Crippen LogP contribution is -2.30. The van der Waals surface area contributed by atoms with Crippen LogP contribution in [0.2, 0.25) is 5.02 Å². The van der Waals surface area contributed by atoms with Gasteiger partial charge in [-0.1, -0.05) is 11.6 Å².